The molecular weight excluding hydrogens is 366 g/mol. The van der Waals surface area contributed by atoms with E-state index in [-0.39, 0.29) is 11.9 Å². The predicted octanol–water partition coefficient (Wildman–Crippen LogP) is 3.23. The van der Waals surface area contributed by atoms with Crippen LogP contribution in [0.4, 0.5) is 5.69 Å². The van der Waals surface area contributed by atoms with Crippen molar-refractivity contribution in [2.45, 2.75) is 58.8 Å². The molecule has 6 heteroatoms. The molecule has 1 N–H and O–H groups in total. The van der Waals surface area contributed by atoms with Crippen molar-refractivity contribution in [3.63, 3.8) is 0 Å². The number of carbonyl (C=O) groups excluding carboxylic acids is 1. The van der Waals surface area contributed by atoms with E-state index in [1.807, 2.05) is 38.1 Å². The molecule has 0 bridgehead atoms. The Balaban J connectivity index is 1.43. The summed E-state index contributed by atoms with van der Waals surface area (Å²) in [5.41, 5.74) is 0.816. The van der Waals surface area contributed by atoms with Crippen LogP contribution in [0, 0.1) is 5.92 Å². The molecule has 29 heavy (non-hydrogen) atoms. The van der Waals surface area contributed by atoms with Gasteiger partial charge in [0.05, 0.1) is 24.9 Å². The molecule has 1 amide bonds. The van der Waals surface area contributed by atoms with Gasteiger partial charge in [-0.3, -0.25) is 14.6 Å². The van der Waals surface area contributed by atoms with Crippen LogP contribution in [-0.4, -0.2) is 73.3 Å². The molecule has 0 aromatic heterocycles. The normalized spacial score (nSPS) is 25.5. The van der Waals surface area contributed by atoms with Gasteiger partial charge in [0.25, 0.3) is 0 Å². The van der Waals surface area contributed by atoms with Crippen molar-refractivity contribution in [3.8, 4) is 5.75 Å². The van der Waals surface area contributed by atoms with Gasteiger partial charge in [-0.1, -0.05) is 0 Å². The number of amides is 1. The van der Waals surface area contributed by atoms with Crippen LogP contribution in [0.3, 0.4) is 0 Å². The van der Waals surface area contributed by atoms with Crippen molar-refractivity contribution < 1.29 is 14.3 Å². The zero-order chi connectivity index (χ0) is 20.8. The topological polar surface area (TPSA) is 54.0 Å². The van der Waals surface area contributed by atoms with Crippen molar-refractivity contribution in [1.82, 2.24) is 9.80 Å². The van der Waals surface area contributed by atoms with Crippen molar-refractivity contribution in [3.05, 3.63) is 24.3 Å². The summed E-state index contributed by atoms with van der Waals surface area (Å²) in [6.07, 6.45) is 2.96. The quantitative estimate of drug-likeness (QED) is 0.758. The lowest BCUT2D eigenvalue weighted by atomic mass is 9.94. The van der Waals surface area contributed by atoms with Crippen molar-refractivity contribution in [2.24, 2.45) is 5.92 Å². The second kappa shape index (κ2) is 10.4. The van der Waals surface area contributed by atoms with E-state index >= 15 is 0 Å². The molecule has 2 aliphatic rings. The molecule has 1 aromatic rings. The third-order valence-corrected chi connectivity index (χ3v) is 6.02. The van der Waals surface area contributed by atoms with E-state index < -0.39 is 0 Å². The van der Waals surface area contributed by atoms with Gasteiger partial charge >= 0.3 is 0 Å². The van der Waals surface area contributed by atoms with E-state index in [1.54, 1.807) is 0 Å². The van der Waals surface area contributed by atoms with E-state index in [2.05, 4.69) is 29.0 Å². The van der Waals surface area contributed by atoms with E-state index in [1.165, 1.54) is 0 Å². The molecule has 162 valence electrons. The molecule has 0 saturated carbocycles. The first-order valence-corrected chi connectivity index (χ1v) is 11.1. The lowest BCUT2D eigenvalue weighted by Gasteiger charge is -2.40. The first-order valence-electron chi connectivity index (χ1n) is 11.1. The third kappa shape index (κ3) is 6.43. The highest BCUT2D eigenvalue weighted by atomic mass is 16.5. The highest BCUT2D eigenvalue weighted by molar-refractivity contribution is 5.94. The fourth-order valence-corrected chi connectivity index (χ4v) is 4.54. The minimum Gasteiger partial charge on any atom is -0.494 e. The van der Waals surface area contributed by atoms with Crippen LogP contribution in [0.15, 0.2) is 24.3 Å². The first kappa shape index (κ1) is 22.1. The maximum absolute atomic E-state index is 12.7. The van der Waals surface area contributed by atoms with Gasteiger partial charge in [-0.25, -0.2) is 0 Å². The van der Waals surface area contributed by atoms with Crippen LogP contribution >= 0.6 is 0 Å². The van der Waals surface area contributed by atoms with E-state index in [4.69, 9.17) is 9.47 Å². The zero-order valence-electron chi connectivity index (χ0n) is 18.4. The average molecular weight is 404 g/mol. The number of carbonyl (C=O) groups is 1. The SMILES string of the molecule is CCOc1ccc(NC(=O)C(C)N2CCC(CN3CC(C)OC(C)C3)CC2)cc1. The lowest BCUT2D eigenvalue weighted by molar-refractivity contribution is -0.121. The summed E-state index contributed by atoms with van der Waals surface area (Å²) in [4.78, 5) is 17.6. The molecule has 3 unspecified atom stereocenters. The third-order valence-electron chi connectivity index (χ3n) is 6.02. The maximum Gasteiger partial charge on any atom is 0.241 e. The van der Waals surface area contributed by atoms with Crippen molar-refractivity contribution in [1.29, 1.82) is 0 Å². The van der Waals surface area contributed by atoms with Gasteiger partial charge in [-0.2, -0.15) is 0 Å². The van der Waals surface area contributed by atoms with Gasteiger partial charge < -0.3 is 14.8 Å². The van der Waals surface area contributed by atoms with Crippen molar-refractivity contribution >= 4 is 11.6 Å². The van der Waals surface area contributed by atoms with Gasteiger partial charge in [0.2, 0.25) is 5.91 Å². The molecule has 1 aromatic carbocycles. The van der Waals surface area contributed by atoms with E-state index in [9.17, 15) is 4.79 Å². The van der Waals surface area contributed by atoms with Crippen LogP contribution in [0.1, 0.15) is 40.5 Å². The zero-order valence-corrected chi connectivity index (χ0v) is 18.4. The molecule has 0 spiro atoms. The average Bonchev–Trinajstić information content (AvgIpc) is 2.69. The molecule has 2 aliphatic heterocycles. The maximum atomic E-state index is 12.7. The number of rotatable bonds is 7. The number of likely N-dealkylation sites (tertiary alicyclic amines) is 1. The number of morpholine rings is 1. The van der Waals surface area contributed by atoms with E-state index in [0.717, 1.165) is 57.0 Å². The second-order valence-corrected chi connectivity index (χ2v) is 8.58. The van der Waals surface area contributed by atoms with Gasteiger partial charge in [0, 0.05) is 25.3 Å². The number of benzene rings is 1. The summed E-state index contributed by atoms with van der Waals surface area (Å²) >= 11 is 0. The molecular formula is C23H37N3O3. The summed E-state index contributed by atoms with van der Waals surface area (Å²) in [5, 5.41) is 3.04. The number of nitrogens with one attached hydrogen (secondary N) is 1. The molecule has 0 aliphatic carbocycles. The molecule has 0 radical (unpaired) electrons. The Kier molecular flexibility index (Phi) is 7.92. The lowest BCUT2D eigenvalue weighted by Crippen LogP contribution is -2.50. The fraction of sp³-hybridized carbons (Fsp3) is 0.696. The first-order chi connectivity index (χ1) is 13.9. The number of hydrogen-bond donors (Lipinski definition) is 1. The summed E-state index contributed by atoms with van der Waals surface area (Å²) < 4.78 is 11.3. The molecule has 2 saturated heterocycles. The Hall–Kier alpha value is -1.63. The van der Waals surface area contributed by atoms with Crippen LogP contribution in [0.2, 0.25) is 0 Å². The molecule has 6 nitrogen and oxygen atoms in total. The second-order valence-electron chi connectivity index (χ2n) is 8.58. The number of hydrogen-bond acceptors (Lipinski definition) is 5. The molecule has 2 fully saturated rings. The highest BCUT2D eigenvalue weighted by Gasteiger charge is 2.29. The monoisotopic (exact) mass is 403 g/mol. The number of anilines is 1. The highest BCUT2D eigenvalue weighted by Crippen LogP contribution is 2.23. The fourth-order valence-electron chi connectivity index (χ4n) is 4.54. The Labute approximate surface area is 175 Å². The number of piperidine rings is 1. The summed E-state index contributed by atoms with van der Waals surface area (Å²) in [6, 6.07) is 7.45. The largest absolute Gasteiger partial charge is 0.494 e. The van der Waals surface area contributed by atoms with Crippen LogP contribution < -0.4 is 10.1 Å². The number of nitrogens with zero attached hydrogens (tertiary/aromatic N) is 2. The minimum absolute atomic E-state index is 0.0587. The van der Waals surface area contributed by atoms with E-state index in [0.29, 0.717) is 24.7 Å². The Morgan fingerprint density at radius 1 is 1.17 bits per heavy atom. The Morgan fingerprint density at radius 2 is 1.79 bits per heavy atom. The minimum atomic E-state index is -0.119. The van der Waals surface area contributed by atoms with Gasteiger partial charge in [-0.15, -0.1) is 0 Å². The molecule has 3 rings (SSSR count). The number of ether oxygens (including phenoxy) is 2. The van der Waals surface area contributed by atoms with Gasteiger partial charge in [0.1, 0.15) is 5.75 Å². The van der Waals surface area contributed by atoms with Crippen molar-refractivity contribution in [2.75, 3.05) is 44.6 Å². The van der Waals surface area contributed by atoms with Crippen LogP contribution in [0.5, 0.6) is 5.75 Å². The summed E-state index contributed by atoms with van der Waals surface area (Å²) in [6.45, 7) is 14.1. The Morgan fingerprint density at radius 3 is 2.38 bits per heavy atom. The summed E-state index contributed by atoms with van der Waals surface area (Å²) in [7, 11) is 0. The predicted molar refractivity (Wildman–Crippen MR) is 116 cm³/mol. The van der Waals surface area contributed by atoms with Crippen LogP contribution in [-0.2, 0) is 9.53 Å². The van der Waals surface area contributed by atoms with Crippen LogP contribution in [0.25, 0.3) is 0 Å². The van der Waals surface area contributed by atoms with Gasteiger partial charge in [0.15, 0.2) is 0 Å². The summed E-state index contributed by atoms with van der Waals surface area (Å²) in [5.74, 6) is 1.60. The van der Waals surface area contributed by atoms with Gasteiger partial charge in [-0.05, 0) is 83.8 Å². The smallest absolute Gasteiger partial charge is 0.241 e. The Bertz CT molecular complexity index is 633. The molecule has 3 atom stereocenters. The molecule has 2 heterocycles. The standard InChI is InChI=1S/C23H37N3O3/c1-5-28-22-8-6-21(7-9-22)24-23(27)19(4)26-12-10-20(11-13-26)16-25-14-17(2)29-18(3)15-25/h6-9,17-20H,5,10-16H2,1-4H3,(H,24,27).